The molecule has 0 saturated heterocycles. The highest BCUT2D eigenvalue weighted by Gasteiger charge is 2.12. The summed E-state index contributed by atoms with van der Waals surface area (Å²) in [6, 6.07) is 2.67. The summed E-state index contributed by atoms with van der Waals surface area (Å²) in [6.45, 7) is 0. The van der Waals surface area contributed by atoms with E-state index in [1.54, 1.807) is 0 Å². The van der Waals surface area contributed by atoms with E-state index >= 15 is 0 Å². The van der Waals surface area contributed by atoms with Crippen LogP contribution in [0.4, 0.5) is 0 Å². The first-order chi connectivity index (χ1) is 7.52. The number of rotatable bonds is 5. The van der Waals surface area contributed by atoms with Gasteiger partial charge in [0.25, 0.3) is 0 Å². The van der Waals surface area contributed by atoms with E-state index in [4.69, 9.17) is 15.4 Å². The van der Waals surface area contributed by atoms with Crippen molar-refractivity contribution >= 4 is 22.7 Å². The SMILES string of the molecule is NNC(=O)CS(=O)Cc1ccc(C(=O)O)o1. The van der Waals surface area contributed by atoms with Crippen LogP contribution in [0.3, 0.4) is 0 Å². The minimum Gasteiger partial charge on any atom is -0.475 e. The van der Waals surface area contributed by atoms with Crippen molar-refractivity contribution in [1.82, 2.24) is 5.43 Å². The van der Waals surface area contributed by atoms with Gasteiger partial charge >= 0.3 is 5.97 Å². The maximum Gasteiger partial charge on any atom is 0.371 e. The van der Waals surface area contributed by atoms with Gasteiger partial charge in [-0.05, 0) is 12.1 Å². The molecule has 8 heteroatoms. The third-order valence-corrected chi connectivity index (χ3v) is 2.82. The number of nitrogens with one attached hydrogen (secondary N) is 1. The van der Waals surface area contributed by atoms with Gasteiger partial charge in [-0.3, -0.25) is 14.4 Å². The molecule has 0 aromatic carbocycles. The Morgan fingerprint density at radius 2 is 2.19 bits per heavy atom. The van der Waals surface area contributed by atoms with Gasteiger partial charge < -0.3 is 9.52 Å². The Labute approximate surface area is 93.0 Å². The fourth-order valence-electron chi connectivity index (χ4n) is 0.968. The normalized spacial score (nSPS) is 12.1. The van der Waals surface area contributed by atoms with Crippen molar-refractivity contribution in [3.63, 3.8) is 0 Å². The van der Waals surface area contributed by atoms with Gasteiger partial charge in [0.05, 0.1) is 5.75 Å². The van der Waals surface area contributed by atoms with Crippen molar-refractivity contribution in [3.05, 3.63) is 23.7 Å². The average Bonchev–Trinajstić information content (AvgIpc) is 2.65. The summed E-state index contributed by atoms with van der Waals surface area (Å²) in [4.78, 5) is 21.2. The fourth-order valence-corrected chi connectivity index (χ4v) is 1.92. The largest absolute Gasteiger partial charge is 0.475 e. The van der Waals surface area contributed by atoms with Gasteiger partial charge in [-0.2, -0.15) is 0 Å². The highest BCUT2D eigenvalue weighted by Crippen LogP contribution is 2.10. The number of furan rings is 1. The predicted octanol–water partition coefficient (Wildman–Crippen LogP) is -0.784. The van der Waals surface area contributed by atoms with Crippen LogP contribution in [0.15, 0.2) is 16.5 Å². The molecule has 1 amide bonds. The van der Waals surface area contributed by atoms with Crippen molar-refractivity contribution < 1.29 is 23.3 Å². The smallest absolute Gasteiger partial charge is 0.371 e. The van der Waals surface area contributed by atoms with Gasteiger partial charge in [-0.15, -0.1) is 0 Å². The number of carboxylic acid groups (broad SMARTS) is 1. The highest BCUT2D eigenvalue weighted by atomic mass is 32.2. The fraction of sp³-hybridized carbons (Fsp3) is 0.250. The molecule has 1 rings (SSSR count). The van der Waals surface area contributed by atoms with Crippen molar-refractivity contribution in [2.75, 3.05) is 5.75 Å². The van der Waals surface area contributed by atoms with Crippen LogP contribution in [-0.4, -0.2) is 26.9 Å². The molecule has 0 aliphatic rings. The van der Waals surface area contributed by atoms with Crippen LogP contribution in [0.25, 0.3) is 0 Å². The molecule has 0 fully saturated rings. The van der Waals surface area contributed by atoms with E-state index in [1.807, 2.05) is 5.43 Å². The first-order valence-electron chi connectivity index (χ1n) is 4.19. The summed E-state index contributed by atoms with van der Waals surface area (Å²) in [5.74, 6) is 2.82. The number of aromatic carboxylic acids is 1. The molecular weight excluding hydrogens is 236 g/mol. The lowest BCUT2D eigenvalue weighted by Gasteiger charge is -1.98. The second kappa shape index (κ2) is 5.42. The molecule has 0 aliphatic heterocycles. The van der Waals surface area contributed by atoms with E-state index in [0.29, 0.717) is 0 Å². The van der Waals surface area contributed by atoms with Crippen LogP contribution in [0.1, 0.15) is 16.3 Å². The van der Waals surface area contributed by atoms with Crippen molar-refractivity contribution in [1.29, 1.82) is 0 Å². The highest BCUT2D eigenvalue weighted by molar-refractivity contribution is 7.84. The quantitative estimate of drug-likeness (QED) is 0.355. The zero-order chi connectivity index (χ0) is 12.1. The molecule has 0 saturated carbocycles. The second-order valence-corrected chi connectivity index (χ2v) is 4.32. The summed E-state index contributed by atoms with van der Waals surface area (Å²) >= 11 is 0. The lowest BCUT2D eigenvalue weighted by molar-refractivity contribution is -0.118. The number of amides is 1. The molecule has 1 heterocycles. The zero-order valence-corrected chi connectivity index (χ0v) is 8.95. The number of hydrogen-bond donors (Lipinski definition) is 3. The molecular formula is C8H10N2O5S. The Morgan fingerprint density at radius 1 is 1.50 bits per heavy atom. The average molecular weight is 246 g/mol. The van der Waals surface area contributed by atoms with Crippen LogP contribution < -0.4 is 11.3 Å². The maximum absolute atomic E-state index is 11.3. The summed E-state index contributed by atoms with van der Waals surface area (Å²) in [5.41, 5.74) is 1.85. The van der Waals surface area contributed by atoms with Gasteiger partial charge in [0, 0.05) is 10.8 Å². The molecule has 1 unspecified atom stereocenters. The maximum atomic E-state index is 11.3. The monoisotopic (exact) mass is 246 g/mol. The summed E-state index contributed by atoms with van der Waals surface area (Å²) in [7, 11) is -1.48. The summed E-state index contributed by atoms with van der Waals surface area (Å²) in [5, 5.41) is 8.57. The summed E-state index contributed by atoms with van der Waals surface area (Å²) in [6.07, 6.45) is 0. The Bertz CT molecular complexity index is 428. The van der Waals surface area contributed by atoms with E-state index < -0.39 is 22.7 Å². The first kappa shape index (κ1) is 12.4. The number of hydrogen-bond acceptors (Lipinski definition) is 5. The minimum atomic E-state index is -1.48. The standard InChI is InChI=1S/C8H10N2O5S/c9-10-7(11)4-16(14)3-5-1-2-6(15-5)8(12)13/h1-2H,3-4,9H2,(H,10,11)(H,12,13). The number of nitrogens with two attached hydrogens (primary N) is 1. The molecule has 16 heavy (non-hydrogen) atoms. The van der Waals surface area contributed by atoms with E-state index in [0.717, 1.165) is 0 Å². The van der Waals surface area contributed by atoms with Gasteiger partial charge in [0.1, 0.15) is 11.5 Å². The molecule has 0 aliphatic carbocycles. The van der Waals surface area contributed by atoms with Crippen molar-refractivity contribution in [2.24, 2.45) is 5.84 Å². The molecule has 0 radical (unpaired) electrons. The topological polar surface area (TPSA) is 123 Å². The molecule has 4 N–H and O–H groups in total. The third kappa shape index (κ3) is 3.48. The molecule has 1 atom stereocenters. The zero-order valence-electron chi connectivity index (χ0n) is 8.13. The Balaban J connectivity index is 2.56. The van der Waals surface area contributed by atoms with Crippen LogP contribution in [-0.2, 0) is 21.3 Å². The van der Waals surface area contributed by atoms with Gasteiger partial charge in [-0.1, -0.05) is 0 Å². The molecule has 7 nitrogen and oxygen atoms in total. The van der Waals surface area contributed by atoms with E-state index in [2.05, 4.69) is 0 Å². The third-order valence-electron chi connectivity index (χ3n) is 1.63. The Hall–Kier alpha value is -1.67. The van der Waals surface area contributed by atoms with E-state index in [9.17, 15) is 13.8 Å². The van der Waals surface area contributed by atoms with Gasteiger partial charge in [0.2, 0.25) is 11.7 Å². The molecule has 1 aromatic heterocycles. The van der Waals surface area contributed by atoms with Crippen LogP contribution in [0.5, 0.6) is 0 Å². The van der Waals surface area contributed by atoms with Crippen molar-refractivity contribution in [3.8, 4) is 0 Å². The van der Waals surface area contributed by atoms with E-state index in [-0.39, 0.29) is 23.0 Å². The predicted molar refractivity (Wildman–Crippen MR) is 54.7 cm³/mol. The Morgan fingerprint density at radius 3 is 2.69 bits per heavy atom. The van der Waals surface area contributed by atoms with Crippen LogP contribution in [0.2, 0.25) is 0 Å². The molecule has 1 aromatic rings. The van der Waals surface area contributed by atoms with Crippen LogP contribution in [0, 0.1) is 0 Å². The lowest BCUT2D eigenvalue weighted by atomic mass is 10.4. The van der Waals surface area contributed by atoms with Crippen LogP contribution >= 0.6 is 0 Å². The van der Waals surface area contributed by atoms with Crippen molar-refractivity contribution in [2.45, 2.75) is 5.75 Å². The van der Waals surface area contributed by atoms with E-state index in [1.165, 1.54) is 12.1 Å². The number of carboxylic acids is 1. The lowest BCUT2D eigenvalue weighted by Crippen LogP contribution is -2.34. The molecule has 0 bridgehead atoms. The number of carbonyl (C=O) groups is 2. The summed E-state index contributed by atoms with van der Waals surface area (Å²) < 4.78 is 16.2. The molecule has 88 valence electrons. The number of hydrazine groups is 1. The van der Waals surface area contributed by atoms with Gasteiger partial charge in [-0.25, -0.2) is 10.6 Å². The minimum absolute atomic E-state index is 0.0271. The van der Waals surface area contributed by atoms with Gasteiger partial charge in [0.15, 0.2) is 0 Å². The Kier molecular flexibility index (Phi) is 4.20. The second-order valence-electron chi connectivity index (χ2n) is 2.87. The number of carbonyl (C=O) groups excluding carboxylic acids is 1. The molecule has 0 spiro atoms. The first-order valence-corrected chi connectivity index (χ1v) is 5.68.